The summed E-state index contributed by atoms with van der Waals surface area (Å²) in [5.74, 6) is -0.423. The fourth-order valence-electron chi connectivity index (χ4n) is 4.03. The lowest BCUT2D eigenvalue weighted by atomic mass is 9.87. The number of benzene rings is 2. The monoisotopic (exact) mass is 461 g/mol. The van der Waals surface area contributed by atoms with Crippen LogP contribution in [-0.2, 0) is 15.1 Å². The Kier molecular flexibility index (Phi) is 7.91. The van der Waals surface area contributed by atoms with Gasteiger partial charge in [0.1, 0.15) is 5.82 Å². The molecule has 7 heteroatoms. The minimum Gasteiger partial charge on any atom is -0.432 e. The van der Waals surface area contributed by atoms with Crippen LogP contribution in [0, 0.1) is 11.7 Å². The van der Waals surface area contributed by atoms with E-state index in [2.05, 4.69) is 4.90 Å². The van der Waals surface area contributed by atoms with Crippen LogP contribution >= 0.6 is 11.6 Å². The standard InChI is InChI=1S/C25H29ClFNO4/c1-17(2)31-24(30)32-25(3,20-5-4-6-21(26)15-20)16-28-13-11-19(12-14-28)23(29)18-7-9-22(27)10-8-18/h4-10,15,17,19H,11-14,16H2,1-3H3. The van der Waals surface area contributed by atoms with E-state index in [1.54, 1.807) is 26.0 Å². The van der Waals surface area contributed by atoms with Crippen molar-refractivity contribution in [3.63, 3.8) is 0 Å². The van der Waals surface area contributed by atoms with Gasteiger partial charge in [-0.3, -0.25) is 9.69 Å². The van der Waals surface area contributed by atoms with Gasteiger partial charge in [0.2, 0.25) is 0 Å². The Morgan fingerprint density at radius 3 is 2.41 bits per heavy atom. The average Bonchev–Trinajstić information content (AvgIpc) is 2.73. The predicted octanol–water partition coefficient (Wildman–Crippen LogP) is 5.85. The van der Waals surface area contributed by atoms with E-state index in [0.717, 1.165) is 5.56 Å². The third-order valence-electron chi connectivity index (χ3n) is 5.69. The Labute approximate surface area is 193 Å². The zero-order chi connectivity index (χ0) is 23.3. The molecule has 1 aliphatic heterocycles. The van der Waals surface area contributed by atoms with Gasteiger partial charge >= 0.3 is 6.16 Å². The van der Waals surface area contributed by atoms with Gasteiger partial charge < -0.3 is 9.47 Å². The van der Waals surface area contributed by atoms with Crippen LogP contribution in [0.5, 0.6) is 0 Å². The molecule has 1 saturated heterocycles. The smallest absolute Gasteiger partial charge is 0.432 e. The van der Waals surface area contributed by atoms with Crippen LogP contribution in [-0.4, -0.2) is 42.6 Å². The van der Waals surface area contributed by atoms with Crippen molar-refractivity contribution in [1.82, 2.24) is 4.90 Å². The molecule has 0 amide bonds. The Morgan fingerprint density at radius 1 is 1.16 bits per heavy atom. The highest BCUT2D eigenvalue weighted by Gasteiger charge is 2.36. The van der Waals surface area contributed by atoms with Crippen LogP contribution in [0.15, 0.2) is 48.5 Å². The van der Waals surface area contributed by atoms with Crippen LogP contribution < -0.4 is 0 Å². The number of ketones is 1. The maximum absolute atomic E-state index is 13.2. The number of Topliss-reactive ketones (excluding diaryl/α,β-unsaturated/α-hetero) is 1. The first kappa shape index (κ1) is 24.2. The molecule has 0 radical (unpaired) electrons. The van der Waals surface area contributed by atoms with Crippen LogP contribution in [0.3, 0.4) is 0 Å². The first-order chi connectivity index (χ1) is 15.2. The molecular formula is C25H29ClFNO4. The molecule has 3 rings (SSSR count). The fourth-order valence-corrected chi connectivity index (χ4v) is 4.22. The molecule has 1 aliphatic rings. The number of ether oxygens (including phenoxy) is 2. The van der Waals surface area contributed by atoms with Crippen molar-refractivity contribution in [3.05, 3.63) is 70.5 Å². The number of hydrogen-bond donors (Lipinski definition) is 0. The Hall–Kier alpha value is -2.44. The minimum atomic E-state index is -0.968. The number of halogens is 2. The molecule has 1 heterocycles. The molecular weight excluding hydrogens is 433 g/mol. The average molecular weight is 462 g/mol. The Bertz CT molecular complexity index is 941. The molecule has 1 atom stereocenters. The number of carbonyl (C=O) groups is 2. The number of likely N-dealkylation sites (tertiary alicyclic amines) is 1. The van der Waals surface area contributed by atoms with Crippen molar-refractivity contribution in [1.29, 1.82) is 0 Å². The lowest BCUT2D eigenvalue weighted by molar-refractivity contribution is -0.0575. The second-order valence-electron chi connectivity index (χ2n) is 8.68. The second kappa shape index (κ2) is 10.5. The van der Waals surface area contributed by atoms with E-state index < -0.39 is 11.8 Å². The molecule has 1 unspecified atom stereocenters. The summed E-state index contributed by atoms with van der Waals surface area (Å²) in [6, 6.07) is 12.9. The van der Waals surface area contributed by atoms with Gasteiger partial charge in [-0.1, -0.05) is 23.7 Å². The Morgan fingerprint density at radius 2 is 1.81 bits per heavy atom. The first-order valence-corrected chi connectivity index (χ1v) is 11.2. The van der Waals surface area contributed by atoms with E-state index in [4.69, 9.17) is 21.1 Å². The molecule has 2 aromatic carbocycles. The van der Waals surface area contributed by atoms with Gasteiger partial charge in [-0.15, -0.1) is 0 Å². The van der Waals surface area contributed by atoms with E-state index in [9.17, 15) is 14.0 Å². The number of carbonyl (C=O) groups excluding carboxylic acids is 2. The van der Waals surface area contributed by atoms with Crippen LogP contribution in [0.4, 0.5) is 9.18 Å². The zero-order valence-electron chi connectivity index (χ0n) is 18.6. The maximum Gasteiger partial charge on any atom is 0.509 e. The summed E-state index contributed by atoms with van der Waals surface area (Å²) < 4.78 is 24.1. The van der Waals surface area contributed by atoms with E-state index in [0.29, 0.717) is 43.1 Å². The summed E-state index contributed by atoms with van der Waals surface area (Å²) in [6.45, 7) is 7.17. The highest BCUT2D eigenvalue weighted by Crippen LogP contribution is 2.31. The number of hydrogen-bond acceptors (Lipinski definition) is 5. The molecule has 0 bridgehead atoms. The van der Waals surface area contributed by atoms with E-state index >= 15 is 0 Å². The highest BCUT2D eigenvalue weighted by atomic mass is 35.5. The van der Waals surface area contributed by atoms with Gasteiger partial charge in [0, 0.05) is 23.0 Å². The van der Waals surface area contributed by atoms with E-state index in [1.807, 2.05) is 19.1 Å². The lowest BCUT2D eigenvalue weighted by Crippen LogP contribution is -2.46. The SMILES string of the molecule is CC(C)OC(=O)OC(C)(CN1CCC(C(=O)c2ccc(F)cc2)CC1)c1cccc(Cl)c1. The van der Waals surface area contributed by atoms with Crippen LogP contribution in [0.1, 0.15) is 49.5 Å². The van der Waals surface area contributed by atoms with Crippen LogP contribution in [0.2, 0.25) is 5.02 Å². The summed E-state index contributed by atoms with van der Waals surface area (Å²) in [7, 11) is 0. The van der Waals surface area contributed by atoms with Gasteiger partial charge in [-0.05, 0) is 88.7 Å². The Balaban J connectivity index is 1.68. The van der Waals surface area contributed by atoms with Crippen molar-refractivity contribution >= 4 is 23.5 Å². The quantitative estimate of drug-likeness (QED) is 0.382. The molecule has 0 aromatic heterocycles. The van der Waals surface area contributed by atoms with Crippen molar-refractivity contribution in [3.8, 4) is 0 Å². The number of piperidine rings is 1. The minimum absolute atomic E-state index is 0.0408. The lowest BCUT2D eigenvalue weighted by Gasteiger charge is -2.38. The summed E-state index contributed by atoms with van der Waals surface area (Å²) in [4.78, 5) is 27.3. The number of nitrogens with zero attached hydrogens (tertiary/aromatic N) is 1. The third kappa shape index (κ3) is 6.30. The highest BCUT2D eigenvalue weighted by molar-refractivity contribution is 6.30. The van der Waals surface area contributed by atoms with E-state index in [-0.39, 0.29) is 23.6 Å². The van der Waals surface area contributed by atoms with Gasteiger partial charge in [0.15, 0.2) is 11.4 Å². The van der Waals surface area contributed by atoms with Gasteiger partial charge in [0.25, 0.3) is 0 Å². The zero-order valence-corrected chi connectivity index (χ0v) is 19.4. The number of rotatable bonds is 7. The van der Waals surface area contributed by atoms with Crippen molar-refractivity contribution in [2.75, 3.05) is 19.6 Å². The summed E-state index contributed by atoms with van der Waals surface area (Å²) >= 11 is 6.19. The summed E-state index contributed by atoms with van der Waals surface area (Å²) in [5, 5.41) is 0.554. The normalized spacial score (nSPS) is 17.1. The third-order valence-corrected chi connectivity index (χ3v) is 5.92. The molecule has 0 saturated carbocycles. The molecule has 32 heavy (non-hydrogen) atoms. The van der Waals surface area contributed by atoms with Crippen molar-refractivity contribution in [2.45, 2.75) is 45.3 Å². The first-order valence-electron chi connectivity index (χ1n) is 10.8. The molecule has 172 valence electrons. The van der Waals surface area contributed by atoms with Gasteiger partial charge in [0.05, 0.1) is 6.10 Å². The molecule has 2 aromatic rings. The summed E-state index contributed by atoms with van der Waals surface area (Å²) in [5.41, 5.74) is 0.341. The van der Waals surface area contributed by atoms with E-state index in [1.165, 1.54) is 24.3 Å². The second-order valence-corrected chi connectivity index (χ2v) is 9.12. The largest absolute Gasteiger partial charge is 0.509 e. The van der Waals surface area contributed by atoms with Gasteiger partial charge in [-0.2, -0.15) is 0 Å². The topological polar surface area (TPSA) is 55.8 Å². The molecule has 0 aliphatic carbocycles. The predicted molar refractivity (Wildman–Crippen MR) is 121 cm³/mol. The van der Waals surface area contributed by atoms with Gasteiger partial charge in [-0.25, -0.2) is 9.18 Å². The maximum atomic E-state index is 13.2. The fraction of sp³-hybridized carbons (Fsp3) is 0.440. The van der Waals surface area contributed by atoms with Crippen molar-refractivity contribution < 1.29 is 23.5 Å². The molecule has 0 N–H and O–H groups in total. The molecule has 5 nitrogen and oxygen atoms in total. The van der Waals surface area contributed by atoms with Crippen molar-refractivity contribution in [2.24, 2.45) is 5.92 Å². The molecule has 0 spiro atoms. The summed E-state index contributed by atoms with van der Waals surface area (Å²) in [6.07, 6.45) is 0.333. The van der Waals surface area contributed by atoms with Crippen LogP contribution in [0.25, 0.3) is 0 Å². The molecule has 1 fully saturated rings.